The van der Waals surface area contributed by atoms with E-state index in [-0.39, 0.29) is 0 Å². The molecule has 18 heavy (non-hydrogen) atoms. The van der Waals surface area contributed by atoms with Crippen LogP contribution in [0, 0.1) is 0 Å². The summed E-state index contributed by atoms with van der Waals surface area (Å²) in [5.41, 5.74) is 0. The van der Waals surface area contributed by atoms with Gasteiger partial charge in [0.05, 0.1) is 6.10 Å². The normalized spacial score (nSPS) is 21.1. The van der Waals surface area contributed by atoms with Crippen LogP contribution in [0.1, 0.15) is 64.7 Å². The zero-order valence-corrected chi connectivity index (χ0v) is 12.1. The second kappa shape index (κ2) is 10.6. The van der Waals surface area contributed by atoms with Gasteiger partial charge >= 0.3 is 0 Å². The van der Waals surface area contributed by atoms with E-state index in [1.807, 2.05) is 6.08 Å². The van der Waals surface area contributed by atoms with Crippen molar-refractivity contribution in [3.05, 3.63) is 12.7 Å². The summed E-state index contributed by atoms with van der Waals surface area (Å²) < 4.78 is 5.70. The molecule has 0 radical (unpaired) electrons. The lowest BCUT2D eigenvalue weighted by atomic mass is 10.00. The van der Waals surface area contributed by atoms with Gasteiger partial charge in [0, 0.05) is 12.6 Å². The summed E-state index contributed by atoms with van der Waals surface area (Å²) in [6.07, 6.45) is 14.1. The summed E-state index contributed by atoms with van der Waals surface area (Å²) in [4.78, 5) is 0. The Hall–Kier alpha value is -0.340. The Morgan fingerprint density at radius 2 is 2.22 bits per heavy atom. The molecule has 1 heterocycles. The predicted molar refractivity (Wildman–Crippen MR) is 79.0 cm³/mol. The van der Waals surface area contributed by atoms with Crippen molar-refractivity contribution in [3.63, 3.8) is 0 Å². The van der Waals surface area contributed by atoms with Gasteiger partial charge in [-0.1, -0.05) is 25.8 Å². The second-order valence-corrected chi connectivity index (χ2v) is 5.39. The highest BCUT2D eigenvalue weighted by molar-refractivity contribution is 4.72. The Labute approximate surface area is 113 Å². The fourth-order valence-corrected chi connectivity index (χ4v) is 2.75. The van der Waals surface area contributed by atoms with Gasteiger partial charge in [0.25, 0.3) is 0 Å². The van der Waals surface area contributed by atoms with Gasteiger partial charge in [0.1, 0.15) is 0 Å². The number of unbranched alkanes of at least 4 members (excludes halogenated alkanes) is 3. The van der Waals surface area contributed by atoms with E-state index in [0.29, 0.717) is 12.1 Å². The Morgan fingerprint density at radius 1 is 1.33 bits per heavy atom. The molecule has 1 saturated heterocycles. The van der Waals surface area contributed by atoms with E-state index in [2.05, 4.69) is 18.8 Å². The molecule has 2 atom stereocenters. The van der Waals surface area contributed by atoms with Gasteiger partial charge in [0.2, 0.25) is 0 Å². The van der Waals surface area contributed by atoms with Crippen LogP contribution in [0.2, 0.25) is 0 Å². The van der Waals surface area contributed by atoms with Crippen LogP contribution in [0.15, 0.2) is 12.7 Å². The molecule has 0 aromatic rings. The van der Waals surface area contributed by atoms with Gasteiger partial charge in [-0.25, -0.2) is 0 Å². The Balaban J connectivity index is 2.07. The molecule has 2 heteroatoms. The number of nitrogens with one attached hydrogen (secondary N) is 1. The maximum Gasteiger partial charge on any atom is 0.0576 e. The SMILES string of the molecule is C=CCCCCCC(CCC1CCCO1)NCC. The molecule has 1 rings (SSSR count). The number of allylic oxidation sites excluding steroid dienone is 1. The molecule has 0 bridgehead atoms. The molecule has 1 aliphatic heterocycles. The third-order valence-electron chi connectivity index (χ3n) is 3.81. The van der Waals surface area contributed by atoms with E-state index < -0.39 is 0 Å². The van der Waals surface area contributed by atoms with Gasteiger partial charge in [-0.15, -0.1) is 6.58 Å². The fourth-order valence-electron chi connectivity index (χ4n) is 2.75. The monoisotopic (exact) mass is 253 g/mol. The lowest BCUT2D eigenvalue weighted by Crippen LogP contribution is -2.29. The Kier molecular flexibility index (Phi) is 9.23. The minimum absolute atomic E-state index is 0.548. The molecule has 0 aliphatic carbocycles. The molecule has 106 valence electrons. The van der Waals surface area contributed by atoms with Gasteiger partial charge in [0.15, 0.2) is 0 Å². The van der Waals surface area contributed by atoms with Crippen molar-refractivity contribution >= 4 is 0 Å². The maximum absolute atomic E-state index is 5.70. The molecular formula is C16H31NO. The Bertz CT molecular complexity index is 199. The van der Waals surface area contributed by atoms with E-state index in [0.717, 1.165) is 13.2 Å². The number of ether oxygens (including phenoxy) is 1. The van der Waals surface area contributed by atoms with Crippen molar-refractivity contribution in [1.29, 1.82) is 0 Å². The quantitative estimate of drug-likeness (QED) is 0.443. The van der Waals surface area contributed by atoms with Crippen molar-refractivity contribution in [2.45, 2.75) is 76.9 Å². The molecule has 2 unspecified atom stereocenters. The smallest absolute Gasteiger partial charge is 0.0576 e. The van der Waals surface area contributed by atoms with Gasteiger partial charge in [-0.05, 0) is 51.5 Å². The zero-order valence-electron chi connectivity index (χ0n) is 12.1. The number of rotatable bonds is 11. The Morgan fingerprint density at radius 3 is 2.89 bits per heavy atom. The summed E-state index contributed by atoms with van der Waals surface area (Å²) in [7, 11) is 0. The fraction of sp³-hybridized carbons (Fsp3) is 0.875. The van der Waals surface area contributed by atoms with Crippen LogP contribution in [0.4, 0.5) is 0 Å². The summed E-state index contributed by atoms with van der Waals surface area (Å²) in [6.45, 7) is 8.05. The van der Waals surface area contributed by atoms with Crippen molar-refractivity contribution in [2.24, 2.45) is 0 Å². The van der Waals surface area contributed by atoms with Crippen LogP contribution in [0.25, 0.3) is 0 Å². The second-order valence-electron chi connectivity index (χ2n) is 5.39. The molecule has 0 amide bonds. The van der Waals surface area contributed by atoms with E-state index in [1.54, 1.807) is 0 Å². The molecule has 1 fully saturated rings. The van der Waals surface area contributed by atoms with Gasteiger partial charge in [-0.2, -0.15) is 0 Å². The summed E-state index contributed by atoms with van der Waals surface area (Å²) in [6, 6.07) is 0.697. The highest BCUT2D eigenvalue weighted by Gasteiger charge is 2.17. The summed E-state index contributed by atoms with van der Waals surface area (Å²) >= 11 is 0. The topological polar surface area (TPSA) is 21.3 Å². The first kappa shape index (κ1) is 15.7. The van der Waals surface area contributed by atoms with E-state index in [4.69, 9.17) is 4.74 Å². The summed E-state index contributed by atoms with van der Waals surface area (Å²) in [5, 5.41) is 3.62. The van der Waals surface area contributed by atoms with Crippen LogP contribution in [0.5, 0.6) is 0 Å². The lowest BCUT2D eigenvalue weighted by molar-refractivity contribution is 0.0992. The van der Waals surface area contributed by atoms with Crippen LogP contribution >= 0.6 is 0 Å². The van der Waals surface area contributed by atoms with Crippen molar-refractivity contribution in [2.75, 3.05) is 13.2 Å². The molecule has 1 N–H and O–H groups in total. The largest absolute Gasteiger partial charge is 0.378 e. The molecule has 0 aromatic carbocycles. The molecule has 1 aliphatic rings. The van der Waals surface area contributed by atoms with Crippen LogP contribution in [0.3, 0.4) is 0 Å². The standard InChI is InChI=1S/C16H31NO/c1-3-5-6-7-8-10-15(17-4-2)12-13-16-11-9-14-18-16/h3,15-17H,1,4-14H2,2H3. The minimum Gasteiger partial charge on any atom is -0.378 e. The first-order chi connectivity index (χ1) is 8.86. The first-order valence-electron chi connectivity index (χ1n) is 7.82. The zero-order chi connectivity index (χ0) is 13.1. The van der Waals surface area contributed by atoms with Crippen molar-refractivity contribution < 1.29 is 4.74 Å². The third kappa shape index (κ3) is 7.17. The average molecular weight is 253 g/mol. The maximum atomic E-state index is 5.70. The molecule has 2 nitrogen and oxygen atoms in total. The van der Waals surface area contributed by atoms with E-state index in [9.17, 15) is 0 Å². The molecule has 0 spiro atoms. The van der Waals surface area contributed by atoms with Crippen LogP contribution < -0.4 is 5.32 Å². The van der Waals surface area contributed by atoms with Crippen LogP contribution in [-0.4, -0.2) is 25.3 Å². The predicted octanol–water partition coefficient (Wildman–Crippen LogP) is 4.06. The number of hydrogen-bond donors (Lipinski definition) is 1. The molecule has 0 saturated carbocycles. The van der Waals surface area contributed by atoms with Gasteiger partial charge < -0.3 is 10.1 Å². The third-order valence-corrected chi connectivity index (χ3v) is 3.81. The highest BCUT2D eigenvalue weighted by Crippen LogP contribution is 2.19. The van der Waals surface area contributed by atoms with Crippen molar-refractivity contribution in [3.8, 4) is 0 Å². The molecular weight excluding hydrogens is 222 g/mol. The van der Waals surface area contributed by atoms with E-state index in [1.165, 1.54) is 57.8 Å². The van der Waals surface area contributed by atoms with E-state index >= 15 is 0 Å². The van der Waals surface area contributed by atoms with Crippen LogP contribution in [-0.2, 0) is 4.74 Å². The number of hydrogen-bond acceptors (Lipinski definition) is 2. The van der Waals surface area contributed by atoms with Gasteiger partial charge in [-0.3, -0.25) is 0 Å². The lowest BCUT2D eigenvalue weighted by Gasteiger charge is -2.19. The van der Waals surface area contributed by atoms with Crippen molar-refractivity contribution in [1.82, 2.24) is 5.32 Å². The average Bonchev–Trinajstić information content (AvgIpc) is 2.88. The first-order valence-corrected chi connectivity index (χ1v) is 7.82. The summed E-state index contributed by atoms with van der Waals surface area (Å²) in [5.74, 6) is 0. The minimum atomic E-state index is 0.548. The molecule has 0 aromatic heterocycles. The highest BCUT2D eigenvalue weighted by atomic mass is 16.5.